The first-order valence-corrected chi connectivity index (χ1v) is 9.67. The van der Waals surface area contributed by atoms with Crippen molar-refractivity contribution in [1.29, 1.82) is 0 Å². The Kier molecular flexibility index (Phi) is 7.28. The van der Waals surface area contributed by atoms with Crippen molar-refractivity contribution in [3.05, 3.63) is 40.7 Å². The summed E-state index contributed by atoms with van der Waals surface area (Å²) in [6, 6.07) is 5.61. The van der Waals surface area contributed by atoms with Crippen LogP contribution in [0.5, 0.6) is 11.5 Å². The molecule has 0 aliphatic carbocycles. The van der Waals surface area contributed by atoms with Gasteiger partial charge in [0.05, 0.1) is 30.5 Å². The fraction of sp³-hybridized carbons (Fsp3) is 0.524. The van der Waals surface area contributed by atoms with Crippen LogP contribution in [0.25, 0.3) is 0 Å². The molecule has 1 N–H and O–H groups in total. The van der Waals surface area contributed by atoms with E-state index in [4.69, 9.17) is 9.47 Å². The van der Waals surface area contributed by atoms with Crippen LogP contribution in [0.1, 0.15) is 67.5 Å². The molecule has 2 aromatic rings. The molecule has 0 aliphatic rings. The molecule has 6 heteroatoms. The molecule has 27 heavy (non-hydrogen) atoms. The highest BCUT2D eigenvalue weighted by atomic mass is 16.5. The smallest absolute Gasteiger partial charge is 0.255 e. The summed E-state index contributed by atoms with van der Waals surface area (Å²) in [6.07, 6.45) is 0.978. The zero-order chi connectivity index (χ0) is 20.0. The van der Waals surface area contributed by atoms with Crippen LogP contribution in [0.15, 0.2) is 18.2 Å². The van der Waals surface area contributed by atoms with E-state index in [1.165, 1.54) is 0 Å². The monoisotopic (exact) mass is 373 g/mol. The number of amides is 1. The molecule has 0 radical (unpaired) electrons. The maximum absolute atomic E-state index is 12.8. The molecule has 6 nitrogen and oxygen atoms in total. The third-order valence-electron chi connectivity index (χ3n) is 4.46. The van der Waals surface area contributed by atoms with Gasteiger partial charge >= 0.3 is 0 Å². The first kappa shape index (κ1) is 20.8. The van der Waals surface area contributed by atoms with E-state index in [0.717, 1.165) is 29.9 Å². The molecule has 1 amide bonds. The Morgan fingerprint density at radius 1 is 1.15 bits per heavy atom. The molecular formula is C21H31N3O3. The molecule has 0 saturated carbocycles. The number of carbonyl (C=O) groups excluding carboxylic acids is 1. The van der Waals surface area contributed by atoms with E-state index in [1.54, 1.807) is 0 Å². The molecule has 1 atom stereocenters. The van der Waals surface area contributed by atoms with E-state index in [2.05, 4.69) is 17.3 Å². The van der Waals surface area contributed by atoms with Crippen molar-refractivity contribution < 1.29 is 14.3 Å². The third kappa shape index (κ3) is 4.81. The highest BCUT2D eigenvalue weighted by Crippen LogP contribution is 2.31. The van der Waals surface area contributed by atoms with Gasteiger partial charge in [-0.05, 0) is 58.7 Å². The van der Waals surface area contributed by atoms with E-state index >= 15 is 0 Å². The van der Waals surface area contributed by atoms with Crippen LogP contribution < -0.4 is 14.8 Å². The summed E-state index contributed by atoms with van der Waals surface area (Å²) in [5.74, 6) is 1.31. The van der Waals surface area contributed by atoms with E-state index in [0.29, 0.717) is 30.3 Å². The second-order valence-corrected chi connectivity index (χ2v) is 6.54. The Bertz CT molecular complexity index is 783. The minimum atomic E-state index is -0.166. The normalized spacial score (nSPS) is 11.9. The second-order valence-electron chi connectivity index (χ2n) is 6.54. The molecule has 0 fully saturated rings. The molecule has 1 aromatic heterocycles. The number of nitrogens with zero attached hydrogens (tertiary/aromatic N) is 2. The van der Waals surface area contributed by atoms with Crippen molar-refractivity contribution in [2.24, 2.45) is 0 Å². The number of nitrogens with one attached hydrogen (secondary N) is 1. The second kappa shape index (κ2) is 9.44. The van der Waals surface area contributed by atoms with Crippen molar-refractivity contribution >= 4 is 5.91 Å². The van der Waals surface area contributed by atoms with Crippen LogP contribution >= 0.6 is 0 Å². The van der Waals surface area contributed by atoms with Crippen molar-refractivity contribution in [3.63, 3.8) is 0 Å². The molecule has 0 saturated heterocycles. The molecule has 2 rings (SSSR count). The molecule has 0 spiro atoms. The standard InChI is InChI=1S/C21H31N3O3/c1-7-12-24-16(6)20(15(5)23-24)21(25)22-14(4)17-10-11-18(26-8-2)19(13-17)27-9-3/h10-11,13-14H,7-9,12H2,1-6H3,(H,22,25)/t14-/m0/s1. The number of aromatic nitrogens is 2. The highest BCUT2D eigenvalue weighted by molar-refractivity contribution is 5.96. The molecule has 148 valence electrons. The van der Waals surface area contributed by atoms with Gasteiger partial charge in [-0.2, -0.15) is 5.10 Å². The van der Waals surface area contributed by atoms with Crippen LogP contribution in [0.3, 0.4) is 0 Å². The van der Waals surface area contributed by atoms with Crippen molar-refractivity contribution in [2.45, 2.75) is 60.5 Å². The van der Waals surface area contributed by atoms with Crippen LogP contribution in [0, 0.1) is 13.8 Å². The largest absolute Gasteiger partial charge is 0.490 e. The van der Waals surface area contributed by atoms with Crippen molar-refractivity contribution in [2.75, 3.05) is 13.2 Å². The van der Waals surface area contributed by atoms with Crippen molar-refractivity contribution in [3.8, 4) is 11.5 Å². The number of hydrogen-bond acceptors (Lipinski definition) is 4. The van der Waals surface area contributed by atoms with Gasteiger partial charge in [-0.3, -0.25) is 9.48 Å². The Morgan fingerprint density at radius 3 is 2.44 bits per heavy atom. The fourth-order valence-corrected chi connectivity index (χ4v) is 3.14. The molecule has 0 bridgehead atoms. The zero-order valence-corrected chi connectivity index (χ0v) is 17.3. The van der Waals surface area contributed by atoms with Gasteiger partial charge in [0, 0.05) is 12.2 Å². The van der Waals surface area contributed by atoms with Crippen molar-refractivity contribution in [1.82, 2.24) is 15.1 Å². The SMILES string of the molecule is CCCn1nc(C)c(C(=O)N[C@@H](C)c2ccc(OCC)c(OCC)c2)c1C. The van der Waals surface area contributed by atoms with E-state index in [-0.39, 0.29) is 11.9 Å². The number of carbonyl (C=O) groups is 1. The maximum Gasteiger partial charge on any atom is 0.255 e. The summed E-state index contributed by atoms with van der Waals surface area (Å²) in [7, 11) is 0. The van der Waals surface area contributed by atoms with Gasteiger partial charge in [-0.15, -0.1) is 0 Å². The number of hydrogen-bond donors (Lipinski definition) is 1. The van der Waals surface area contributed by atoms with Gasteiger partial charge in [0.15, 0.2) is 11.5 Å². The summed E-state index contributed by atoms with van der Waals surface area (Å²) in [5.41, 5.74) is 3.28. The van der Waals surface area contributed by atoms with Crippen LogP contribution in [0.2, 0.25) is 0 Å². The number of aryl methyl sites for hydroxylation is 2. The minimum absolute atomic E-state index is 0.105. The van der Waals surface area contributed by atoms with Gasteiger partial charge in [0.2, 0.25) is 0 Å². The third-order valence-corrected chi connectivity index (χ3v) is 4.46. The van der Waals surface area contributed by atoms with E-state index in [1.807, 2.05) is 57.5 Å². The average molecular weight is 373 g/mol. The van der Waals surface area contributed by atoms with Gasteiger partial charge < -0.3 is 14.8 Å². The fourth-order valence-electron chi connectivity index (χ4n) is 3.14. The van der Waals surface area contributed by atoms with Gasteiger partial charge in [-0.1, -0.05) is 13.0 Å². The topological polar surface area (TPSA) is 65.4 Å². The first-order valence-electron chi connectivity index (χ1n) is 9.67. The first-order chi connectivity index (χ1) is 12.9. The lowest BCUT2D eigenvalue weighted by Gasteiger charge is -2.17. The average Bonchev–Trinajstić information content (AvgIpc) is 2.90. The minimum Gasteiger partial charge on any atom is -0.490 e. The highest BCUT2D eigenvalue weighted by Gasteiger charge is 2.21. The predicted octanol–water partition coefficient (Wildman–Crippen LogP) is 4.20. The predicted molar refractivity (Wildman–Crippen MR) is 107 cm³/mol. The lowest BCUT2D eigenvalue weighted by molar-refractivity contribution is 0.0938. The van der Waals surface area contributed by atoms with E-state index in [9.17, 15) is 4.79 Å². The molecule has 0 unspecified atom stereocenters. The molecular weight excluding hydrogens is 342 g/mol. The Labute approximate surface area is 161 Å². The number of rotatable bonds is 9. The summed E-state index contributed by atoms with van der Waals surface area (Å²) in [4.78, 5) is 12.8. The summed E-state index contributed by atoms with van der Waals surface area (Å²) >= 11 is 0. The number of ether oxygens (including phenoxy) is 2. The van der Waals surface area contributed by atoms with Gasteiger partial charge in [0.25, 0.3) is 5.91 Å². The van der Waals surface area contributed by atoms with Crippen LogP contribution in [-0.2, 0) is 6.54 Å². The summed E-state index contributed by atoms with van der Waals surface area (Å²) in [5, 5.41) is 7.57. The van der Waals surface area contributed by atoms with E-state index < -0.39 is 0 Å². The molecule has 1 aromatic carbocycles. The lowest BCUT2D eigenvalue weighted by Crippen LogP contribution is -2.27. The summed E-state index contributed by atoms with van der Waals surface area (Å²) in [6.45, 7) is 13.7. The Balaban J connectivity index is 2.20. The Hall–Kier alpha value is -2.50. The van der Waals surface area contributed by atoms with Gasteiger partial charge in [-0.25, -0.2) is 0 Å². The summed E-state index contributed by atoms with van der Waals surface area (Å²) < 4.78 is 13.2. The Morgan fingerprint density at radius 2 is 1.81 bits per heavy atom. The molecule has 0 aliphatic heterocycles. The molecule has 1 heterocycles. The van der Waals surface area contributed by atoms with Crippen LogP contribution in [0.4, 0.5) is 0 Å². The maximum atomic E-state index is 12.8. The quantitative estimate of drug-likeness (QED) is 0.715. The zero-order valence-electron chi connectivity index (χ0n) is 17.3. The van der Waals surface area contributed by atoms with Gasteiger partial charge in [0.1, 0.15) is 0 Å². The lowest BCUT2D eigenvalue weighted by atomic mass is 10.1. The number of benzene rings is 1. The van der Waals surface area contributed by atoms with Crippen LogP contribution in [-0.4, -0.2) is 28.9 Å².